The second-order valence-corrected chi connectivity index (χ2v) is 14.3. The molecule has 0 aliphatic carbocycles. The van der Waals surface area contributed by atoms with Gasteiger partial charge in [-0.25, -0.2) is 0 Å². The van der Waals surface area contributed by atoms with Crippen molar-refractivity contribution in [1.82, 2.24) is 19.3 Å². The lowest BCUT2D eigenvalue weighted by atomic mass is 9.97. The van der Waals surface area contributed by atoms with Crippen LogP contribution in [0.3, 0.4) is 0 Å². The van der Waals surface area contributed by atoms with Crippen molar-refractivity contribution in [1.29, 1.82) is 0 Å². The standard InChI is InChI=1S/C41H44F3N5O4/c1-45-21-17-30(18-22-45)46(2)40(52)35-16-14-31-26-49(36-23-27(11-12-29(36)25-48(31)35)38(50)47-19-7-4-8-20-47)39(51)28-13-15-33(37(24-28)53-3)32-9-5-6-10-34(32)41(42,43)44/h5-6,9-16,23-24,30H,4,7-8,17-22,25-26H2,1-3H3. The first-order chi connectivity index (χ1) is 25.4. The van der Waals surface area contributed by atoms with Crippen molar-refractivity contribution in [2.45, 2.75) is 57.4 Å². The van der Waals surface area contributed by atoms with Gasteiger partial charge in [0.05, 0.1) is 31.5 Å². The maximum atomic E-state index is 14.6. The Hall–Kier alpha value is -5.10. The molecule has 278 valence electrons. The maximum absolute atomic E-state index is 14.6. The van der Waals surface area contributed by atoms with Crippen LogP contribution in [0.2, 0.25) is 0 Å². The normalized spacial score (nSPS) is 16.8. The van der Waals surface area contributed by atoms with Crippen molar-refractivity contribution < 1.29 is 32.3 Å². The van der Waals surface area contributed by atoms with Crippen molar-refractivity contribution in [2.75, 3.05) is 52.3 Å². The summed E-state index contributed by atoms with van der Waals surface area (Å²) in [6.07, 6.45) is 0.124. The van der Waals surface area contributed by atoms with Crippen LogP contribution in [0.15, 0.2) is 72.8 Å². The molecule has 0 saturated carbocycles. The van der Waals surface area contributed by atoms with Gasteiger partial charge in [0, 0.05) is 48.6 Å². The molecule has 1 aromatic heterocycles. The molecule has 3 aromatic carbocycles. The van der Waals surface area contributed by atoms with E-state index < -0.39 is 17.6 Å². The van der Waals surface area contributed by atoms with Gasteiger partial charge in [0.2, 0.25) is 0 Å². The highest BCUT2D eigenvalue weighted by Crippen LogP contribution is 2.41. The number of anilines is 1. The van der Waals surface area contributed by atoms with Crippen LogP contribution in [0.25, 0.3) is 11.1 Å². The number of fused-ring (bicyclic) bond motifs is 2. The van der Waals surface area contributed by atoms with Gasteiger partial charge in [0.25, 0.3) is 17.7 Å². The van der Waals surface area contributed by atoms with Crippen molar-refractivity contribution in [3.05, 3.63) is 106 Å². The third kappa shape index (κ3) is 7.16. The molecule has 0 radical (unpaired) electrons. The second kappa shape index (κ2) is 14.7. The average Bonchev–Trinajstić information content (AvgIpc) is 3.49. The van der Waals surface area contributed by atoms with Gasteiger partial charge in [-0.05, 0) is 112 Å². The highest BCUT2D eigenvalue weighted by atomic mass is 19.4. The SMILES string of the molecule is COc1cc(C(=O)N2Cc3ccc(C(=O)N(C)C4CCN(C)CC4)n3Cc3ccc(C(=O)N4CCCCC4)cc32)ccc1-c1ccccc1C(F)(F)F. The van der Waals surface area contributed by atoms with Crippen LogP contribution in [0, 0.1) is 0 Å². The molecule has 0 bridgehead atoms. The number of carbonyl (C=O) groups is 3. The number of hydrogen-bond acceptors (Lipinski definition) is 5. The summed E-state index contributed by atoms with van der Waals surface area (Å²) in [5.74, 6) is -0.504. The largest absolute Gasteiger partial charge is 0.496 e. The Morgan fingerprint density at radius 1 is 0.792 bits per heavy atom. The highest BCUT2D eigenvalue weighted by molar-refractivity contribution is 6.08. The summed E-state index contributed by atoms with van der Waals surface area (Å²) in [5.41, 5.74) is 2.54. The van der Waals surface area contributed by atoms with Gasteiger partial charge in [0.1, 0.15) is 11.4 Å². The monoisotopic (exact) mass is 727 g/mol. The first kappa shape index (κ1) is 36.3. The summed E-state index contributed by atoms with van der Waals surface area (Å²) in [6, 6.07) is 18.9. The molecule has 2 fully saturated rings. The number of aromatic nitrogens is 1. The number of benzene rings is 3. The van der Waals surface area contributed by atoms with E-state index in [4.69, 9.17) is 4.74 Å². The van der Waals surface area contributed by atoms with Crippen molar-refractivity contribution in [3.63, 3.8) is 0 Å². The van der Waals surface area contributed by atoms with Crippen LogP contribution in [0.5, 0.6) is 5.75 Å². The van der Waals surface area contributed by atoms with Crippen LogP contribution < -0.4 is 9.64 Å². The Labute approximate surface area is 307 Å². The fourth-order valence-electron chi connectivity index (χ4n) is 7.88. The second-order valence-electron chi connectivity index (χ2n) is 14.3. The van der Waals surface area contributed by atoms with E-state index in [0.717, 1.165) is 62.5 Å². The quantitative estimate of drug-likeness (QED) is 0.210. The summed E-state index contributed by atoms with van der Waals surface area (Å²) in [5, 5.41) is 0. The van der Waals surface area contributed by atoms with Gasteiger partial charge in [-0.2, -0.15) is 13.2 Å². The minimum Gasteiger partial charge on any atom is -0.496 e. The van der Waals surface area contributed by atoms with E-state index in [9.17, 15) is 27.6 Å². The van der Waals surface area contributed by atoms with E-state index in [1.807, 2.05) is 33.5 Å². The van der Waals surface area contributed by atoms with Crippen molar-refractivity contribution >= 4 is 23.4 Å². The molecule has 0 unspecified atom stereocenters. The molecule has 4 aromatic rings. The molecule has 9 nitrogen and oxygen atoms in total. The Balaban J connectivity index is 1.27. The smallest absolute Gasteiger partial charge is 0.417 e. The van der Waals surface area contributed by atoms with Gasteiger partial charge in [-0.15, -0.1) is 0 Å². The number of carbonyl (C=O) groups excluding carboxylic acids is 3. The van der Waals surface area contributed by atoms with Crippen LogP contribution in [-0.2, 0) is 19.3 Å². The van der Waals surface area contributed by atoms with E-state index >= 15 is 0 Å². The van der Waals surface area contributed by atoms with Gasteiger partial charge in [0.15, 0.2) is 0 Å². The Bertz CT molecular complexity index is 2030. The molecule has 7 rings (SSSR count). The van der Waals surface area contributed by atoms with Crippen LogP contribution in [-0.4, -0.2) is 90.4 Å². The summed E-state index contributed by atoms with van der Waals surface area (Å²) in [7, 11) is 5.29. The zero-order valence-electron chi connectivity index (χ0n) is 30.3. The predicted molar refractivity (Wildman–Crippen MR) is 196 cm³/mol. The molecular formula is C41H44F3N5O4. The lowest BCUT2D eigenvalue weighted by molar-refractivity contribution is -0.137. The molecule has 0 spiro atoms. The van der Waals surface area contributed by atoms with Crippen LogP contribution in [0.4, 0.5) is 18.9 Å². The van der Waals surface area contributed by atoms with E-state index in [1.165, 1.54) is 43.5 Å². The lowest BCUT2D eigenvalue weighted by Gasteiger charge is -2.35. The molecule has 3 aliphatic rings. The van der Waals surface area contributed by atoms with E-state index in [-0.39, 0.29) is 46.8 Å². The first-order valence-electron chi connectivity index (χ1n) is 18.2. The van der Waals surface area contributed by atoms with Gasteiger partial charge < -0.3 is 28.9 Å². The number of amides is 3. The number of hydrogen-bond donors (Lipinski definition) is 0. The molecule has 0 atom stereocenters. The predicted octanol–water partition coefficient (Wildman–Crippen LogP) is 7.18. The number of ether oxygens (including phenoxy) is 1. The molecule has 4 heterocycles. The molecule has 12 heteroatoms. The van der Waals surface area contributed by atoms with E-state index in [1.54, 1.807) is 23.1 Å². The number of halogens is 3. The molecule has 2 saturated heterocycles. The number of nitrogens with zero attached hydrogens (tertiary/aromatic N) is 5. The third-order valence-electron chi connectivity index (χ3n) is 11.0. The average molecular weight is 728 g/mol. The molecule has 53 heavy (non-hydrogen) atoms. The van der Waals surface area contributed by atoms with Gasteiger partial charge in [-0.1, -0.05) is 24.3 Å². The van der Waals surface area contributed by atoms with Crippen LogP contribution >= 0.6 is 0 Å². The fourth-order valence-corrected chi connectivity index (χ4v) is 7.88. The van der Waals surface area contributed by atoms with E-state index in [0.29, 0.717) is 36.6 Å². The third-order valence-corrected chi connectivity index (χ3v) is 11.0. The number of alkyl halides is 3. The Morgan fingerprint density at radius 2 is 1.49 bits per heavy atom. The minimum absolute atomic E-state index is 0.0583. The zero-order chi connectivity index (χ0) is 37.4. The number of methoxy groups -OCH3 is 1. The molecule has 3 aliphatic heterocycles. The number of likely N-dealkylation sites (tertiary alicyclic amines) is 2. The Kier molecular flexibility index (Phi) is 10.1. The zero-order valence-corrected chi connectivity index (χ0v) is 30.3. The van der Waals surface area contributed by atoms with Crippen molar-refractivity contribution in [2.24, 2.45) is 0 Å². The Morgan fingerprint density at radius 3 is 2.21 bits per heavy atom. The first-order valence-corrected chi connectivity index (χ1v) is 18.2. The van der Waals surface area contributed by atoms with E-state index in [2.05, 4.69) is 11.9 Å². The van der Waals surface area contributed by atoms with Crippen molar-refractivity contribution in [3.8, 4) is 16.9 Å². The molecular weight excluding hydrogens is 683 g/mol. The fraction of sp³-hybridized carbons (Fsp3) is 0.390. The summed E-state index contributed by atoms with van der Waals surface area (Å²) >= 11 is 0. The molecule has 0 N–H and O–H groups in total. The minimum atomic E-state index is -4.59. The lowest BCUT2D eigenvalue weighted by Crippen LogP contribution is -2.45. The van der Waals surface area contributed by atoms with Crippen LogP contribution in [0.1, 0.15) is 80.1 Å². The maximum Gasteiger partial charge on any atom is 0.417 e. The van der Waals surface area contributed by atoms with Gasteiger partial charge in [-0.3, -0.25) is 14.4 Å². The summed E-state index contributed by atoms with van der Waals surface area (Å²) < 4.78 is 49.5. The highest BCUT2D eigenvalue weighted by Gasteiger charge is 2.35. The number of piperidine rings is 2. The number of rotatable bonds is 6. The molecule has 3 amide bonds. The topological polar surface area (TPSA) is 78.3 Å². The summed E-state index contributed by atoms with van der Waals surface area (Å²) in [6.45, 7) is 3.57. The van der Waals surface area contributed by atoms with Gasteiger partial charge >= 0.3 is 6.18 Å². The summed E-state index contributed by atoms with van der Waals surface area (Å²) in [4.78, 5) is 49.9.